The van der Waals surface area contributed by atoms with Crippen LogP contribution < -0.4 is 5.32 Å². The van der Waals surface area contributed by atoms with Crippen molar-refractivity contribution in [1.29, 1.82) is 0 Å². The number of piperidine rings is 1. The van der Waals surface area contributed by atoms with Crippen molar-refractivity contribution in [3.05, 3.63) is 0 Å². The normalized spacial score (nSPS) is 16.2. The molecule has 2 amide bonds. The summed E-state index contributed by atoms with van der Waals surface area (Å²) < 4.78 is 0. The van der Waals surface area contributed by atoms with E-state index in [2.05, 4.69) is 56.7 Å². The Morgan fingerprint density at radius 1 is 1.04 bits per heavy atom. The Kier molecular flexibility index (Phi) is 10.2. The second-order valence-corrected chi connectivity index (χ2v) is 7.83. The van der Waals surface area contributed by atoms with Gasteiger partial charge in [0.1, 0.15) is 0 Å². The maximum absolute atomic E-state index is 12.4. The fraction of sp³-hybridized carbons (Fsp3) is 0.900. The maximum atomic E-state index is 12.4. The van der Waals surface area contributed by atoms with Gasteiger partial charge in [-0.05, 0) is 53.6 Å². The molecule has 1 aliphatic heterocycles. The highest BCUT2D eigenvalue weighted by Gasteiger charge is 2.27. The number of amides is 2. The van der Waals surface area contributed by atoms with Crippen LogP contribution in [-0.2, 0) is 9.59 Å². The van der Waals surface area contributed by atoms with E-state index in [9.17, 15) is 9.59 Å². The van der Waals surface area contributed by atoms with Crippen LogP contribution in [-0.4, -0.2) is 84.4 Å². The van der Waals surface area contributed by atoms with E-state index in [1.165, 1.54) is 0 Å². The molecular weight excluding hydrogens is 328 g/mol. The quantitative estimate of drug-likeness (QED) is 0.639. The van der Waals surface area contributed by atoms with Crippen molar-refractivity contribution in [2.45, 2.75) is 66.5 Å². The predicted octanol–water partition coefficient (Wildman–Crippen LogP) is 1.80. The fourth-order valence-corrected chi connectivity index (χ4v) is 3.69. The Morgan fingerprint density at radius 3 is 2.04 bits per heavy atom. The molecule has 0 atom stereocenters. The SMILES string of the molecule is CCN(CC)CC(=O)N1CCC(C(=O)NCCN(C(C)C)C(C)C)CC1. The van der Waals surface area contributed by atoms with E-state index < -0.39 is 0 Å². The van der Waals surface area contributed by atoms with Gasteiger partial charge in [0.2, 0.25) is 11.8 Å². The molecule has 0 bridgehead atoms. The van der Waals surface area contributed by atoms with Crippen LogP contribution in [0.4, 0.5) is 0 Å². The average molecular weight is 369 g/mol. The summed E-state index contributed by atoms with van der Waals surface area (Å²) in [5.74, 6) is 0.379. The van der Waals surface area contributed by atoms with Crippen LogP contribution in [0.15, 0.2) is 0 Å². The van der Waals surface area contributed by atoms with Crippen molar-refractivity contribution in [3.8, 4) is 0 Å². The lowest BCUT2D eigenvalue weighted by Gasteiger charge is -2.33. The van der Waals surface area contributed by atoms with Crippen LogP contribution in [0.3, 0.4) is 0 Å². The molecular formula is C20H40N4O2. The van der Waals surface area contributed by atoms with Gasteiger partial charge in [-0.15, -0.1) is 0 Å². The first kappa shape index (κ1) is 22.9. The molecule has 0 aliphatic carbocycles. The monoisotopic (exact) mass is 368 g/mol. The third-order valence-electron chi connectivity index (χ3n) is 5.47. The third-order valence-corrected chi connectivity index (χ3v) is 5.47. The first-order chi connectivity index (χ1) is 12.3. The molecule has 1 N–H and O–H groups in total. The average Bonchev–Trinajstić information content (AvgIpc) is 2.62. The molecule has 152 valence electrons. The Labute approximate surface area is 160 Å². The zero-order valence-electron chi connectivity index (χ0n) is 17.8. The molecule has 1 aliphatic rings. The highest BCUT2D eigenvalue weighted by Crippen LogP contribution is 2.17. The summed E-state index contributed by atoms with van der Waals surface area (Å²) in [5.41, 5.74) is 0. The summed E-state index contributed by atoms with van der Waals surface area (Å²) in [5, 5.41) is 3.09. The van der Waals surface area contributed by atoms with Gasteiger partial charge in [0.05, 0.1) is 6.54 Å². The van der Waals surface area contributed by atoms with E-state index in [1.54, 1.807) is 0 Å². The number of nitrogens with zero attached hydrogens (tertiary/aromatic N) is 3. The Morgan fingerprint density at radius 2 is 1.58 bits per heavy atom. The summed E-state index contributed by atoms with van der Waals surface area (Å²) in [6.45, 7) is 18.1. The summed E-state index contributed by atoms with van der Waals surface area (Å²) in [6.07, 6.45) is 1.54. The molecule has 1 rings (SSSR count). The van der Waals surface area contributed by atoms with Crippen molar-refractivity contribution in [1.82, 2.24) is 20.0 Å². The molecule has 0 aromatic heterocycles. The zero-order valence-corrected chi connectivity index (χ0v) is 17.8. The molecule has 0 unspecified atom stereocenters. The molecule has 6 heteroatoms. The van der Waals surface area contributed by atoms with Gasteiger partial charge in [-0.3, -0.25) is 19.4 Å². The minimum absolute atomic E-state index is 0.0408. The van der Waals surface area contributed by atoms with Crippen LogP contribution in [0.25, 0.3) is 0 Å². The fourth-order valence-electron chi connectivity index (χ4n) is 3.69. The molecule has 6 nitrogen and oxygen atoms in total. The third kappa shape index (κ3) is 7.23. The van der Waals surface area contributed by atoms with Crippen molar-refractivity contribution >= 4 is 11.8 Å². The molecule has 0 aromatic carbocycles. The number of carbonyl (C=O) groups excluding carboxylic acids is 2. The first-order valence-corrected chi connectivity index (χ1v) is 10.3. The van der Waals surface area contributed by atoms with Crippen molar-refractivity contribution in [2.75, 3.05) is 45.8 Å². The van der Waals surface area contributed by atoms with Gasteiger partial charge in [-0.1, -0.05) is 13.8 Å². The Hall–Kier alpha value is -1.14. The molecule has 1 saturated heterocycles. The number of rotatable bonds is 10. The highest BCUT2D eigenvalue weighted by molar-refractivity contribution is 5.80. The van der Waals surface area contributed by atoms with E-state index in [-0.39, 0.29) is 17.7 Å². The van der Waals surface area contributed by atoms with Gasteiger partial charge < -0.3 is 10.2 Å². The second-order valence-electron chi connectivity index (χ2n) is 7.83. The van der Waals surface area contributed by atoms with E-state index >= 15 is 0 Å². The topological polar surface area (TPSA) is 55.9 Å². The van der Waals surface area contributed by atoms with Gasteiger partial charge in [0.25, 0.3) is 0 Å². The number of likely N-dealkylation sites (N-methyl/N-ethyl adjacent to an activating group) is 1. The molecule has 1 fully saturated rings. The van der Waals surface area contributed by atoms with Crippen LogP contribution in [0.5, 0.6) is 0 Å². The minimum Gasteiger partial charge on any atom is -0.355 e. The smallest absolute Gasteiger partial charge is 0.236 e. The molecule has 0 radical (unpaired) electrons. The summed E-state index contributed by atoms with van der Waals surface area (Å²) >= 11 is 0. The number of likely N-dealkylation sites (tertiary alicyclic amines) is 1. The van der Waals surface area contributed by atoms with Crippen molar-refractivity contribution in [2.24, 2.45) is 5.92 Å². The molecule has 0 saturated carbocycles. The van der Waals surface area contributed by atoms with Crippen LogP contribution in [0.2, 0.25) is 0 Å². The van der Waals surface area contributed by atoms with E-state index in [1.807, 2.05) is 4.90 Å². The molecule has 26 heavy (non-hydrogen) atoms. The predicted molar refractivity (Wildman–Crippen MR) is 107 cm³/mol. The summed E-state index contributed by atoms with van der Waals surface area (Å²) in [6, 6.07) is 0.957. The van der Waals surface area contributed by atoms with Gasteiger partial charge >= 0.3 is 0 Å². The van der Waals surface area contributed by atoms with Crippen molar-refractivity contribution < 1.29 is 9.59 Å². The minimum atomic E-state index is 0.0408. The summed E-state index contributed by atoms with van der Waals surface area (Å²) in [4.78, 5) is 31.2. The number of carbonyl (C=O) groups is 2. The summed E-state index contributed by atoms with van der Waals surface area (Å²) in [7, 11) is 0. The highest BCUT2D eigenvalue weighted by atomic mass is 16.2. The van der Waals surface area contributed by atoms with Crippen LogP contribution in [0.1, 0.15) is 54.4 Å². The van der Waals surface area contributed by atoms with E-state index in [0.29, 0.717) is 38.3 Å². The number of hydrogen-bond acceptors (Lipinski definition) is 4. The lowest BCUT2D eigenvalue weighted by molar-refractivity contribution is -0.136. The van der Waals surface area contributed by atoms with Crippen LogP contribution in [0, 0.1) is 5.92 Å². The van der Waals surface area contributed by atoms with Gasteiger partial charge in [-0.25, -0.2) is 0 Å². The second kappa shape index (κ2) is 11.5. The molecule has 0 spiro atoms. The molecule has 0 aromatic rings. The van der Waals surface area contributed by atoms with Gasteiger partial charge in [0, 0.05) is 44.2 Å². The molecule has 1 heterocycles. The van der Waals surface area contributed by atoms with E-state index in [0.717, 1.165) is 32.5 Å². The van der Waals surface area contributed by atoms with Crippen molar-refractivity contribution in [3.63, 3.8) is 0 Å². The Bertz CT molecular complexity index is 420. The number of hydrogen-bond donors (Lipinski definition) is 1. The van der Waals surface area contributed by atoms with Gasteiger partial charge in [-0.2, -0.15) is 0 Å². The standard InChI is InChI=1S/C20H40N4O2/c1-7-22(8-2)15-19(25)23-12-9-18(10-13-23)20(26)21-11-14-24(16(3)4)17(5)6/h16-18H,7-15H2,1-6H3,(H,21,26). The zero-order chi connectivity index (χ0) is 19.7. The van der Waals surface area contributed by atoms with Crippen LogP contribution >= 0.6 is 0 Å². The van der Waals surface area contributed by atoms with Gasteiger partial charge in [0.15, 0.2) is 0 Å². The number of nitrogens with one attached hydrogen (secondary N) is 1. The lowest BCUT2D eigenvalue weighted by atomic mass is 9.96. The largest absolute Gasteiger partial charge is 0.355 e. The first-order valence-electron chi connectivity index (χ1n) is 10.3. The van der Waals surface area contributed by atoms with E-state index in [4.69, 9.17) is 0 Å². The maximum Gasteiger partial charge on any atom is 0.236 e. The Balaban J connectivity index is 2.34. The lowest BCUT2D eigenvalue weighted by Crippen LogP contribution is -2.47.